The molecule has 3 aromatic rings. The molecule has 2 heterocycles. The fourth-order valence-electron chi connectivity index (χ4n) is 2.59. The molecule has 0 fully saturated rings. The monoisotopic (exact) mass is 325 g/mol. The number of aromatic nitrogens is 3. The fraction of sp³-hybridized carbons (Fsp3) is 0.188. The van der Waals surface area contributed by atoms with Crippen LogP contribution in [0.5, 0.6) is 0 Å². The third-order valence-corrected chi connectivity index (χ3v) is 3.89. The lowest BCUT2D eigenvalue weighted by atomic mass is 10.1. The summed E-state index contributed by atoms with van der Waals surface area (Å²) in [5.41, 5.74) is 3.39. The van der Waals surface area contributed by atoms with Crippen LogP contribution >= 0.6 is 0 Å². The van der Waals surface area contributed by atoms with Crippen LogP contribution in [-0.2, 0) is 0 Å². The van der Waals surface area contributed by atoms with E-state index >= 15 is 0 Å². The Labute approximate surface area is 137 Å². The topological polar surface area (TPSA) is 102 Å². The van der Waals surface area contributed by atoms with Crippen molar-refractivity contribution in [2.75, 3.05) is 5.32 Å². The molecule has 0 saturated heterocycles. The molecule has 0 radical (unpaired) electrons. The highest BCUT2D eigenvalue weighted by atomic mass is 16.6. The largest absolute Gasteiger partial charge is 0.338 e. The van der Waals surface area contributed by atoms with Gasteiger partial charge in [0.05, 0.1) is 4.92 Å². The molecule has 0 atom stereocenters. The van der Waals surface area contributed by atoms with Gasteiger partial charge in [-0.2, -0.15) is 5.10 Å². The molecule has 3 rings (SSSR count). The predicted octanol–water partition coefficient (Wildman–Crippen LogP) is 3.20. The molecular weight excluding hydrogens is 310 g/mol. The highest BCUT2D eigenvalue weighted by Crippen LogP contribution is 2.28. The van der Waals surface area contributed by atoms with E-state index in [0.717, 1.165) is 11.1 Å². The van der Waals surface area contributed by atoms with Gasteiger partial charge < -0.3 is 5.32 Å². The SMILES string of the molecule is CC(=O)c1cn2ncnc(Nc3cc([N+](=O)[O-])ccc3C)c2c1C. The van der Waals surface area contributed by atoms with E-state index in [2.05, 4.69) is 15.4 Å². The molecular formula is C16H15N5O3. The van der Waals surface area contributed by atoms with Crippen molar-refractivity contribution in [3.05, 3.63) is 57.5 Å². The van der Waals surface area contributed by atoms with Gasteiger partial charge in [-0.15, -0.1) is 0 Å². The van der Waals surface area contributed by atoms with Crippen molar-refractivity contribution in [2.24, 2.45) is 0 Å². The van der Waals surface area contributed by atoms with Crippen molar-refractivity contribution >= 4 is 28.5 Å². The maximum Gasteiger partial charge on any atom is 0.271 e. The Morgan fingerprint density at radius 2 is 2.08 bits per heavy atom. The van der Waals surface area contributed by atoms with Crippen LogP contribution in [0.3, 0.4) is 0 Å². The van der Waals surface area contributed by atoms with Crippen LogP contribution in [0.15, 0.2) is 30.7 Å². The van der Waals surface area contributed by atoms with Crippen molar-refractivity contribution in [3.8, 4) is 0 Å². The standard InChI is InChI=1S/C16H15N5O3/c1-9-4-5-12(21(23)24)6-14(9)19-16-15-10(2)13(11(3)22)7-20(15)18-8-17-16/h4-8H,1-3H3,(H,17,18,19). The zero-order valence-corrected chi connectivity index (χ0v) is 13.4. The Morgan fingerprint density at radius 1 is 1.33 bits per heavy atom. The molecule has 24 heavy (non-hydrogen) atoms. The summed E-state index contributed by atoms with van der Waals surface area (Å²) in [4.78, 5) is 26.5. The zero-order valence-electron chi connectivity index (χ0n) is 13.4. The molecule has 1 aromatic carbocycles. The van der Waals surface area contributed by atoms with E-state index in [0.29, 0.717) is 22.6 Å². The first-order valence-electron chi connectivity index (χ1n) is 7.24. The highest BCUT2D eigenvalue weighted by molar-refractivity contribution is 5.99. The number of ketones is 1. The van der Waals surface area contributed by atoms with Gasteiger partial charge in [0.15, 0.2) is 11.6 Å². The van der Waals surface area contributed by atoms with Gasteiger partial charge in [0.1, 0.15) is 11.8 Å². The molecule has 0 aliphatic heterocycles. The Bertz CT molecular complexity index is 977. The van der Waals surface area contributed by atoms with E-state index in [1.807, 2.05) is 13.8 Å². The van der Waals surface area contributed by atoms with Gasteiger partial charge in [0.2, 0.25) is 0 Å². The Kier molecular flexibility index (Phi) is 3.72. The Morgan fingerprint density at radius 3 is 2.75 bits per heavy atom. The number of carbonyl (C=O) groups excluding carboxylic acids is 1. The van der Waals surface area contributed by atoms with E-state index in [1.165, 1.54) is 25.4 Å². The Hall–Kier alpha value is -3.29. The first-order valence-corrected chi connectivity index (χ1v) is 7.24. The molecule has 1 N–H and O–H groups in total. The van der Waals surface area contributed by atoms with Crippen LogP contribution in [0.1, 0.15) is 28.4 Å². The van der Waals surface area contributed by atoms with Crippen molar-refractivity contribution in [3.63, 3.8) is 0 Å². The number of aryl methyl sites for hydroxylation is 2. The summed E-state index contributed by atoms with van der Waals surface area (Å²) >= 11 is 0. The lowest BCUT2D eigenvalue weighted by Gasteiger charge is -2.10. The number of nitrogens with zero attached hydrogens (tertiary/aromatic N) is 4. The number of benzene rings is 1. The van der Waals surface area contributed by atoms with Crippen LogP contribution in [0, 0.1) is 24.0 Å². The molecule has 0 aliphatic rings. The molecule has 2 aromatic heterocycles. The minimum atomic E-state index is -0.448. The molecule has 8 heteroatoms. The number of hydrogen-bond donors (Lipinski definition) is 1. The second-order valence-electron chi connectivity index (χ2n) is 5.51. The van der Waals surface area contributed by atoms with E-state index in [4.69, 9.17) is 0 Å². The van der Waals surface area contributed by atoms with E-state index < -0.39 is 4.92 Å². The lowest BCUT2D eigenvalue weighted by molar-refractivity contribution is -0.384. The number of Topliss-reactive ketones (excluding diaryl/α,β-unsaturated/α-hetero) is 1. The van der Waals surface area contributed by atoms with E-state index in [-0.39, 0.29) is 11.5 Å². The smallest absolute Gasteiger partial charge is 0.271 e. The van der Waals surface area contributed by atoms with Gasteiger partial charge in [-0.1, -0.05) is 6.07 Å². The average molecular weight is 325 g/mol. The van der Waals surface area contributed by atoms with Gasteiger partial charge in [-0.25, -0.2) is 9.50 Å². The fourth-order valence-corrected chi connectivity index (χ4v) is 2.59. The van der Waals surface area contributed by atoms with Gasteiger partial charge in [0, 0.05) is 29.6 Å². The first kappa shape index (κ1) is 15.6. The maximum atomic E-state index is 11.7. The lowest BCUT2D eigenvalue weighted by Crippen LogP contribution is -2.02. The van der Waals surface area contributed by atoms with Gasteiger partial charge >= 0.3 is 0 Å². The van der Waals surface area contributed by atoms with Gasteiger partial charge in [-0.3, -0.25) is 14.9 Å². The summed E-state index contributed by atoms with van der Waals surface area (Å²) in [5.74, 6) is 0.425. The number of nitrogens with one attached hydrogen (secondary N) is 1. The van der Waals surface area contributed by atoms with Gasteiger partial charge in [-0.05, 0) is 31.9 Å². The van der Waals surface area contributed by atoms with Crippen LogP contribution in [0.4, 0.5) is 17.2 Å². The molecule has 122 valence electrons. The number of anilines is 2. The summed E-state index contributed by atoms with van der Waals surface area (Å²) in [6.07, 6.45) is 3.02. The molecule has 0 aliphatic carbocycles. The number of fused-ring (bicyclic) bond motifs is 1. The normalized spacial score (nSPS) is 10.8. The number of nitro benzene ring substituents is 1. The summed E-state index contributed by atoms with van der Waals surface area (Å²) in [6, 6.07) is 4.58. The molecule has 0 amide bonds. The second-order valence-corrected chi connectivity index (χ2v) is 5.51. The van der Waals surface area contributed by atoms with Crippen LogP contribution in [0.25, 0.3) is 5.52 Å². The number of hydrogen-bond acceptors (Lipinski definition) is 6. The number of carbonyl (C=O) groups is 1. The summed E-state index contributed by atoms with van der Waals surface area (Å²) in [7, 11) is 0. The van der Waals surface area contributed by atoms with E-state index in [1.54, 1.807) is 16.8 Å². The molecule has 0 unspecified atom stereocenters. The third kappa shape index (κ3) is 2.58. The minimum Gasteiger partial charge on any atom is -0.338 e. The second kappa shape index (κ2) is 5.73. The predicted molar refractivity (Wildman–Crippen MR) is 88.8 cm³/mol. The van der Waals surface area contributed by atoms with Crippen LogP contribution in [0.2, 0.25) is 0 Å². The van der Waals surface area contributed by atoms with E-state index in [9.17, 15) is 14.9 Å². The average Bonchev–Trinajstić information content (AvgIpc) is 2.87. The van der Waals surface area contributed by atoms with Crippen molar-refractivity contribution in [1.29, 1.82) is 0 Å². The quantitative estimate of drug-likeness (QED) is 0.449. The Balaban J connectivity index is 2.13. The van der Waals surface area contributed by atoms with Crippen LogP contribution < -0.4 is 5.32 Å². The van der Waals surface area contributed by atoms with Crippen molar-refractivity contribution in [2.45, 2.75) is 20.8 Å². The van der Waals surface area contributed by atoms with Crippen molar-refractivity contribution < 1.29 is 9.72 Å². The minimum absolute atomic E-state index is 0.00953. The number of rotatable bonds is 4. The zero-order chi connectivity index (χ0) is 17.4. The number of nitro groups is 1. The third-order valence-electron chi connectivity index (χ3n) is 3.89. The van der Waals surface area contributed by atoms with Crippen molar-refractivity contribution in [1.82, 2.24) is 14.6 Å². The summed E-state index contributed by atoms with van der Waals surface area (Å²) in [5, 5.41) is 18.2. The number of non-ortho nitro benzene ring substituents is 1. The van der Waals surface area contributed by atoms with Crippen LogP contribution in [-0.4, -0.2) is 25.3 Å². The summed E-state index contributed by atoms with van der Waals surface area (Å²) < 4.78 is 1.58. The maximum absolute atomic E-state index is 11.7. The molecule has 0 bridgehead atoms. The van der Waals surface area contributed by atoms with Gasteiger partial charge in [0.25, 0.3) is 5.69 Å². The molecule has 8 nitrogen and oxygen atoms in total. The molecule has 0 saturated carbocycles. The first-order chi connectivity index (χ1) is 11.4. The molecule has 0 spiro atoms. The highest BCUT2D eigenvalue weighted by Gasteiger charge is 2.16. The summed E-state index contributed by atoms with van der Waals surface area (Å²) in [6.45, 7) is 5.16.